The van der Waals surface area contributed by atoms with E-state index in [1.165, 1.54) is 0 Å². The Morgan fingerprint density at radius 3 is 2.56 bits per heavy atom. The molecular formula is C13H21FIN3. The van der Waals surface area contributed by atoms with E-state index in [9.17, 15) is 4.39 Å². The molecule has 0 bridgehead atoms. The third-order valence-corrected chi connectivity index (χ3v) is 2.35. The summed E-state index contributed by atoms with van der Waals surface area (Å²) in [5.41, 5.74) is 1.57. The molecule has 2 N–H and O–H groups in total. The highest BCUT2D eigenvalue weighted by Gasteiger charge is 2.02. The van der Waals surface area contributed by atoms with Gasteiger partial charge in [-0.15, -0.1) is 24.0 Å². The first-order valence-electron chi connectivity index (χ1n) is 5.75. The molecule has 0 fully saturated rings. The van der Waals surface area contributed by atoms with E-state index in [-0.39, 0.29) is 29.8 Å². The first-order chi connectivity index (χ1) is 8.02. The Kier molecular flexibility index (Phi) is 7.90. The number of rotatable bonds is 3. The highest BCUT2D eigenvalue weighted by molar-refractivity contribution is 14.0. The molecular weight excluding hydrogens is 344 g/mol. The third-order valence-electron chi connectivity index (χ3n) is 2.35. The van der Waals surface area contributed by atoms with Gasteiger partial charge in [0, 0.05) is 19.6 Å². The minimum absolute atomic E-state index is 0. The maximum atomic E-state index is 13.3. The molecule has 0 aliphatic heterocycles. The number of hydrogen-bond donors (Lipinski definition) is 2. The fourth-order valence-corrected chi connectivity index (χ4v) is 1.40. The molecule has 0 aliphatic rings. The van der Waals surface area contributed by atoms with E-state index < -0.39 is 0 Å². The highest BCUT2D eigenvalue weighted by atomic mass is 127. The van der Waals surface area contributed by atoms with E-state index in [1.54, 1.807) is 26.1 Å². The van der Waals surface area contributed by atoms with Crippen LogP contribution in [0.25, 0.3) is 0 Å². The van der Waals surface area contributed by atoms with Crippen molar-refractivity contribution in [1.29, 1.82) is 0 Å². The van der Waals surface area contributed by atoms with Gasteiger partial charge in [-0.25, -0.2) is 4.39 Å². The van der Waals surface area contributed by atoms with Gasteiger partial charge in [-0.2, -0.15) is 0 Å². The number of guanidine groups is 1. The zero-order chi connectivity index (χ0) is 12.8. The fourth-order valence-electron chi connectivity index (χ4n) is 1.40. The molecule has 18 heavy (non-hydrogen) atoms. The number of aliphatic imine (C=N–C) groups is 1. The van der Waals surface area contributed by atoms with Crippen LogP contribution in [0.1, 0.15) is 25.0 Å². The average Bonchev–Trinajstić information content (AvgIpc) is 2.28. The lowest BCUT2D eigenvalue weighted by Gasteiger charge is -2.14. The molecule has 0 radical (unpaired) electrons. The minimum Gasteiger partial charge on any atom is -0.354 e. The van der Waals surface area contributed by atoms with Crippen molar-refractivity contribution in [2.75, 3.05) is 7.05 Å². The lowest BCUT2D eigenvalue weighted by molar-refractivity contribution is 0.615. The van der Waals surface area contributed by atoms with E-state index in [1.807, 2.05) is 19.9 Å². The van der Waals surface area contributed by atoms with E-state index in [0.717, 1.165) is 11.5 Å². The summed E-state index contributed by atoms with van der Waals surface area (Å²) in [4.78, 5) is 4.08. The van der Waals surface area contributed by atoms with E-state index in [4.69, 9.17) is 0 Å². The van der Waals surface area contributed by atoms with Gasteiger partial charge in [0.15, 0.2) is 5.96 Å². The second-order valence-electron chi connectivity index (χ2n) is 4.31. The van der Waals surface area contributed by atoms with Crippen LogP contribution < -0.4 is 10.6 Å². The Labute approximate surface area is 125 Å². The fraction of sp³-hybridized carbons (Fsp3) is 0.462. The number of nitrogens with one attached hydrogen (secondary N) is 2. The smallest absolute Gasteiger partial charge is 0.191 e. The summed E-state index contributed by atoms with van der Waals surface area (Å²) in [7, 11) is 1.72. The Hall–Kier alpha value is -0.850. The van der Waals surface area contributed by atoms with Gasteiger partial charge < -0.3 is 10.6 Å². The van der Waals surface area contributed by atoms with Crippen molar-refractivity contribution in [3.63, 3.8) is 0 Å². The van der Waals surface area contributed by atoms with Crippen molar-refractivity contribution in [2.24, 2.45) is 4.99 Å². The van der Waals surface area contributed by atoms with Gasteiger partial charge in [-0.1, -0.05) is 12.1 Å². The van der Waals surface area contributed by atoms with Crippen molar-refractivity contribution >= 4 is 29.9 Å². The molecule has 5 heteroatoms. The summed E-state index contributed by atoms with van der Waals surface area (Å²) in [5.74, 6) is 0.553. The van der Waals surface area contributed by atoms with Crippen molar-refractivity contribution < 1.29 is 4.39 Å². The topological polar surface area (TPSA) is 36.4 Å². The molecule has 1 aromatic carbocycles. The van der Waals surface area contributed by atoms with Crippen LogP contribution in [0.15, 0.2) is 23.2 Å². The number of hydrogen-bond acceptors (Lipinski definition) is 1. The Bertz CT molecular complexity index is 405. The Morgan fingerprint density at radius 1 is 1.39 bits per heavy atom. The molecule has 0 amide bonds. The number of nitrogens with zero attached hydrogens (tertiary/aromatic N) is 1. The molecule has 0 saturated heterocycles. The Balaban J connectivity index is 0.00000289. The third kappa shape index (κ3) is 5.66. The lowest BCUT2D eigenvalue weighted by atomic mass is 10.1. The van der Waals surface area contributed by atoms with Crippen LogP contribution in [0.2, 0.25) is 0 Å². The summed E-state index contributed by atoms with van der Waals surface area (Å²) in [6.45, 7) is 6.40. The SMILES string of the molecule is CN=C(NCc1ccc(C)c(F)c1)NC(C)C.I. The quantitative estimate of drug-likeness (QED) is 0.491. The summed E-state index contributed by atoms with van der Waals surface area (Å²) in [5, 5.41) is 6.31. The van der Waals surface area contributed by atoms with Crippen LogP contribution in [0.3, 0.4) is 0 Å². The normalized spacial score (nSPS) is 11.1. The second-order valence-corrected chi connectivity index (χ2v) is 4.31. The van der Waals surface area contributed by atoms with Crippen molar-refractivity contribution in [3.05, 3.63) is 35.1 Å². The number of benzene rings is 1. The first-order valence-corrected chi connectivity index (χ1v) is 5.75. The monoisotopic (exact) mass is 365 g/mol. The minimum atomic E-state index is -0.170. The van der Waals surface area contributed by atoms with Crippen LogP contribution in [-0.2, 0) is 6.54 Å². The van der Waals surface area contributed by atoms with E-state index >= 15 is 0 Å². The van der Waals surface area contributed by atoms with Crippen molar-refractivity contribution in [1.82, 2.24) is 10.6 Å². The lowest BCUT2D eigenvalue weighted by Crippen LogP contribution is -2.40. The van der Waals surface area contributed by atoms with Crippen LogP contribution >= 0.6 is 24.0 Å². The summed E-state index contributed by atoms with van der Waals surface area (Å²) >= 11 is 0. The van der Waals surface area contributed by atoms with Gasteiger partial charge in [-0.3, -0.25) is 4.99 Å². The molecule has 102 valence electrons. The molecule has 1 aromatic rings. The molecule has 0 spiro atoms. The van der Waals surface area contributed by atoms with Crippen molar-refractivity contribution in [3.8, 4) is 0 Å². The molecule has 0 unspecified atom stereocenters. The van der Waals surface area contributed by atoms with Gasteiger partial charge in [0.25, 0.3) is 0 Å². The zero-order valence-electron chi connectivity index (χ0n) is 11.2. The van der Waals surface area contributed by atoms with E-state index in [0.29, 0.717) is 18.2 Å². The zero-order valence-corrected chi connectivity index (χ0v) is 13.6. The van der Waals surface area contributed by atoms with Crippen LogP contribution in [-0.4, -0.2) is 19.0 Å². The molecule has 1 rings (SSSR count). The maximum absolute atomic E-state index is 13.3. The summed E-state index contributed by atoms with van der Waals surface area (Å²) in [6, 6.07) is 5.56. The molecule has 0 heterocycles. The predicted molar refractivity (Wildman–Crippen MR) is 85.0 cm³/mol. The largest absolute Gasteiger partial charge is 0.354 e. The van der Waals surface area contributed by atoms with Gasteiger partial charge >= 0.3 is 0 Å². The van der Waals surface area contributed by atoms with Crippen LogP contribution in [0.5, 0.6) is 0 Å². The van der Waals surface area contributed by atoms with Gasteiger partial charge in [0.2, 0.25) is 0 Å². The number of aryl methyl sites for hydroxylation is 1. The van der Waals surface area contributed by atoms with Gasteiger partial charge in [-0.05, 0) is 38.0 Å². The van der Waals surface area contributed by atoms with Crippen LogP contribution in [0.4, 0.5) is 4.39 Å². The standard InChI is InChI=1S/C13H20FN3.HI/c1-9(2)17-13(15-4)16-8-11-6-5-10(3)12(14)7-11;/h5-7,9H,8H2,1-4H3,(H2,15,16,17);1H. The first kappa shape index (κ1) is 17.2. The second kappa shape index (κ2) is 8.29. The van der Waals surface area contributed by atoms with Crippen molar-refractivity contribution in [2.45, 2.75) is 33.4 Å². The predicted octanol–water partition coefficient (Wildman–Crippen LogP) is 2.83. The molecule has 0 saturated carbocycles. The van der Waals surface area contributed by atoms with Gasteiger partial charge in [0.05, 0.1) is 0 Å². The van der Waals surface area contributed by atoms with Crippen LogP contribution in [0, 0.1) is 12.7 Å². The Morgan fingerprint density at radius 2 is 2.06 bits per heavy atom. The molecule has 3 nitrogen and oxygen atoms in total. The average molecular weight is 365 g/mol. The number of halogens is 2. The molecule has 0 aliphatic carbocycles. The molecule has 0 atom stereocenters. The maximum Gasteiger partial charge on any atom is 0.191 e. The highest BCUT2D eigenvalue weighted by Crippen LogP contribution is 2.08. The van der Waals surface area contributed by atoms with E-state index in [2.05, 4.69) is 15.6 Å². The molecule has 0 aromatic heterocycles. The summed E-state index contributed by atoms with van der Waals surface area (Å²) in [6.07, 6.45) is 0. The summed E-state index contributed by atoms with van der Waals surface area (Å²) < 4.78 is 13.3. The van der Waals surface area contributed by atoms with Gasteiger partial charge in [0.1, 0.15) is 5.82 Å².